The molecule has 8 nitrogen and oxygen atoms in total. The SMILES string of the molecule is Cc1ccc(OC[C@H](C)NS(=O)(=O)c2nnc(NC(=O)c3ccc(Cl)cc3)s2)cc1C. The molecule has 2 aromatic carbocycles. The van der Waals surface area contributed by atoms with Gasteiger partial charge < -0.3 is 4.74 Å². The van der Waals surface area contributed by atoms with Gasteiger partial charge in [-0.15, -0.1) is 10.2 Å². The van der Waals surface area contributed by atoms with Crippen molar-refractivity contribution in [1.82, 2.24) is 14.9 Å². The van der Waals surface area contributed by atoms with E-state index in [1.807, 2.05) is 32.0 Å². The molecule has 31 heavy (non-hydrogen) atoms. The van der Waals surface area contributed by atoms with Gasteiger partial charge in [-0.3, -0.25) is 10.1 Å². The van der Waals surface area contributed by atoms with E-state index in [1.54, 1.807) is 31.2 Å². The van der Waals surface area contributed by atoms with Crippen LogP contribution in [0.1, 0.15) is 28.4 Å². The number of nitrogens with zero attached hydrogens (tertiary/aromatic N) is 2. The molecule has 3 aromatic rings. The van der Waals surface area contributed by atoms with Gasteiger partial charge in [-0.05, 0) is 68.3 Å². The van der Waals surface area contributed by atoms with Crippen LogP contribution in [0, 0.1) is 13.8 Å². The Morgan fingerprint density at radius 3 is 2.52 bits per heavy atom. The Kier molecular flexibility index (Phi) is 7.26. The quantitative estimate of drug-likeness (QED) is 0.474. The number of carbonyl (C=O) groups excluding carboxylic acids is 1. The zero-order valence-electron chi connectivity index (χ0n) is 17.0. The van der Waals surface area contributed by atoms with E-state index in [0.717, 1.165) is 22.5 Å². The third-order valence-corrected chi connectivity index (χ3v) is 7.35. The van der Waals surface area contributed by atoms with Crippen molar-refractivity contribution in [2.24, 2.45) is 0 Å². The van der Waals surface area contributed by atoms with E-state index in [0.29, 0.717) is 16.3 Å². The number of aromatic nitrogens is 2. The van der Waals surface area contributed by atoms with Crippen molar-refractivity contribution in [3.05, 3.63) is 64.2 Å². The summed E-state index contributed by atoms with van der Waals surface area (Å²) in [5, 5.41) is 10.5. The van der Waals surface area contributed by atoms with E-state index < -0.39 is 22.0 Å². The molecule has 0 fully saturated rings. The Balaban J connectivity index is 1.58. The fourth-order valence-corrected chi connectivity index (χ4v) is 4.78. The number of aryl methyl sites for hydroxylation is 2. The number of nitrogens with one attached hydrogen (secondary N) is 2. The zero-order valence-corrected chi connectivity index (χ0v) is 19.4. The van der Waals surface area contributed by atoms with Crippen LogP contribution in [0.5, 0.6) is 5.75 Å². The minimum Gasteiger partial charge on any atom is -0.492 e. The molecule has 0 radical (unpaired) electrons. The second kappa shape index (κ2) is 9.73. The lowest BCUT2D eigenvalue weighted by Crippen LogP contribution is -2.36. The molecule has 1 aromatic heterocycles. The highest BCUT2D eigenvalue weighted by molar-refractivity contribution is 7.91. The highest BCUT2D eigenvalue weighted by Crippen LogP contribution is 2.21. The highest BCUT2D eigenvalue weighted by Gasteiger charge is 2.23. The van der Waals surface area contributed by atoms with Crippen molar-refractivity contribution in [3.63, 3.8) is 0 Å². The van der Waals surface area contributed by atoms with Crippen LogP contribution in [-0.2, 0) is 10.0 Å². The predicted molar refractivity (Wildman–Crippen MR) is 121 cm³/mol. The van der Waals surface area contributed by atoms with Crippen LogP contribution in [0.3, 0.4) is 0 Å². The Hall–Kier alpha value is -2.53. The molecule has 0 aliphatic heterocycles. The van der Waals surface area contributed by atoms with Crippen LogP contribution in [0.4, 0.5) is 5.13 Å². The van der Waals surface area contributed by atoms with E-state index >= 15 is 0 Å². The minimum atomic E-state index is -3.92. The number of hydrogen-bond donors (Lipinski definition) is 2. The van der Waals surface area contributed by atoms with Crippen molar-refractivity contribution in [1.29, 1.82) is 0 Å². The monoisotopic (exact) mass is 480 g/mol. The van der Waals surface area contributed by atoms with Gasteiger partial charge in [-0.1, -0.05) is 29.0 Å². The van der Waals surface area contributed by atoms with Crippen molar-refractivity contribution in [2.75, 3.05) is 11.9 Å². The number of benzene rings is 2. The molecule has 0 unspecified atom stereocenters. The van der Waals surface area contributed by atoms with Crippen LogP contribution >= 0.6 is 22.9 Å². The van der Waals surface area contributed by atoms with Gasteiger partial charge in [0.2, 0.25) is 9.47 Å². The molecule has 0 bridgehead atoms. The van der Waals surface area contributed by atoms with E-state index in [-0.39, 0.29) is 16.1 Å². The number of anilines is 1. The molecular weight excluding hydrogens is 460 g/mol. The Bertz CT molecular complexity index is 1180. The maximum absolute atomic E-state index is 12.6. The van der Waals surface area contributed by atoms with Gasteiger partial charge >= 0.3 is 0 Å². The summed E-state index contributed by atoms with van der Waals surface area (Å²) >= 11 is 6.56. The first-order valence-corrected chi connectivity index (χ1v) is 11.9. The number of hydrogen-bond acceptors (Lipinski definition) is 7. The Morgan fingerprint density at radius 2 is 1.84 bits per heavy atom. The summed E-state index contributed by atoms with van der Waals surface area (Å²) in [6.45, 7) is 5.81. The number of amides is 1. The third kappa shape index (κ3) is 6.23. The van der Waals surface area contributed by atoms with Gasteiger partial charge in [-0.2, -0.15) is 0 Å². The average Bonchev–Trinajstić information content (AvgIpc) is 3.18. The second-order valence-corrected chi connectivity index (χ2v) is 10.2. The maximum atomic E-state index is 12.6. The second-order valence-electron chi connectivity index (χ2n) is 6.91. The van der Waals surface area contributed by atoms with Crippen LogP contribution in [0.2, 0.25) is 5.02 Å². The van der Waals surface area contributed by atoms with E-state index in [1.165, 1.54) is 0 Å². The Labute approximate surface area is 189 Å². The molecule has 0 aliphatic rings. The van der Waals surface area contributed by atoms with Gasteiger partial charge in [0.15, 0.2) is 0 Å². The summed E-state index contributed by atoms with van der Waals surface area (Å²) in [6.07, 6.45) is 0. The van der Waals surface area contributed by atoms with Crippen LogP contribution in [-0.4, -0.2) is 37.2 Å². The highest BCUT2D eigenvalue weighted by atomic mass is 35.5. The molecule has 3 rings (SSSR count). The molecule has 0 aliphatic carbocycles. The normalized spacial score (nSPS) is 12.4. The average molecular weight is 481 g/mol. The number of halogens is 1. The predicted octanol–water partition coefficient (Wildman–Crippen LogP) is 3.81. The van der Waals surface area contributed by atoms with Crippen LogP contribution in [0.25, 0.3) is 0 Å². The first kappa shape index (κ1) is 23.1. The first-order chi connectivity index (χ1) is 14.6. The molecular formula is C20H21ClN4O4S2. The summed E-state index contributed by atoms with van der Waals surface area (Å²) in [7, 11) is -3.92. The summed E-state index contributed by atoms with van der Waals surface area (Å²) in [4.78, 5) is 12.2. The topological polar surface area (TPSA) is 110 Å². The molecule has 0 saturated carbocycles. The first-order valence-electron chi connectivity index (χ1n) is 9.27. The molecule has 0 saturated heterocycles. The summed E-state index contributed by atoms with van der Waals surface area (Å²) < 4.78 is 33.1. The number of carbonyl (C=O) groups is 1. The largest absolute Gasteiger partial charge is 0.492 e. The maximum Gasteiger partial charge on any atom is 0.270 e. The lowest BCUT2D eigenvalue weighted by molar-refractivity contribution is 0.102. The molecule has 164 valence electrons. The van der Waals surface area contributed by atoms with Crippen molar-refractivity contribution in [2.45, 2.75) is 31.2 Å². The minimum absolute atomic E-state index is 0.0689. The lowest BCUT2D eigenvalue weighted by Gasteiger charge is -2.14. The molecule has 11 heteroatoms. The fraction of sp³-hybridized carbons (Fsp3) is 0.250. The van der Waals surface area contributed by atoms with Gasteiger partial charge in [0.05, 0.1) is 6.04 Å². The van der Waals surface area contributed by atoms with E-state index in [2.05, 4.69) is 20.2 Å². The molecule has 0 spiro atoms. The molecule has 2 N–H and O–H groups in total. The molecule has 1 amide bonds. The van der Waals surface area contributed by atoms with Crippen LogP contribution < -0.4 is 14.8 Å². The van der Waals surface area contributed by atoms with Gasteiger partial charge in [0.25, 0.3) is 15.9 Å². The summed E-state index contributed by atoms with van der Waals surface area (Å²) in [5.41, 5.74) is 2.60. The van der Waals surface area contributed by atoms with Gasteiger partial charge in [0, 0.05) is 10.6 Å². The third-order valence-electron chi connectivity index (χ3n) is 4.30. The number of rotatable bonds is 8. The van der Waals surface area contributed by atoms with Crippen LogP contribution in [0.15, 0.2) is 46.8 Å². The fourth-order valence-electron chi connectivity index (χ4n) is 2.51. The smallest absolute Gasteiger partial charge is 0.270 e. The zero-order chi connectivity index (χ0) is 22.6. The molecule has 1 atom stereocenters. The van der Waals surface area contributed by atoms with E-state index in [9.17, 15) is 13.2 Å². The number of sulfonamides is 1. The summed E-state index contributed by atoms with van der Waals surface area (Å²) in [5.74, 6) is 0.220. The van der Waals surface area contributed by atoms with Crippen molar-refractivity contribution >= 4 is 44.0 Å². The van der Waals surface area contributed by atoms with Gasteiger partial charge in [-0.25, -0.2) is 13.1 Å². The van der Waals surface area contributed by atoms with Crippen molar-refractivity contribution in [3.8, 4) is 5.75 Å². The van der Waals surface area contributed by atoms with E-state index in [4.69, 9.17) is 16.3 Å². The number of ether oxygens (including phenoxy) is 1. The van der Waals surface area contributed by atoms with Gasteiger partial charge in [0.1, 0.15) is 12.4 Å². The lowest BCUT2D eigenvalue weighted by atomic mass is 10.1. The molecule has 1 heterocycles. The summed E-state index contributed by atoms with van der Waals surface area (Å²) in [6, 6.07) is 11.4. The Morgan fingerprint density at radius 1 is 1.13 bits per heavy atom. The van der Waals surface area contributed by atoms with Crippen molar-refractivity contribution < 1.29 is 17.9 Å². The standard InChI is InChI=1S/C20H21ClN4O4S2/c1-12-4-9-17(10-13(12)2)29-11-14(3)25-31(27,28)20-24-23-19(30-20)22-18(26)15-5-7-16(21)8-6-15/h4-10,14,25H,11H2,1-3H3,(H,22,23,26)/t14-/m0/s1.